The Hall–Kier alpha value is -5.05. The number of amides is 1. The maximum atomic E-state index is 15.5. The average Bonchev–Trinajstić information content (AvgIpc) is 3.79. The number of nitrogens with zero attached hydrogens (tertiary/aromatic N) is 1. The molecule has 2 aliphatic carbocycles. The number of phenols is 1. The number of carbonyl (C=O) groups excluding carboxylic acids is 2. The third-order valence-corrected chi connectivity index (χ3v) is 20.8. The van der Waals surface area contributed by atoms with Crippen molar-refractivity contribution in [1.29, 1.82) is 0 Å². The fourth-order valence-electron chi connectivity index (χ4n) is 14.1. The first-order valence-corrected chi connectivity index (χ1v) is 31.3. The summed E-state index contributed by atoms with van der Waals surface area (Å²) in [4.78, 5) is 34.5. The van der Waals surface area contributed by atoms with E-state index in [0.29, 0.717) is 65.0 Å². The number of nitrogens with two attached hydrogens (primary N) is 3. The highest BCUT2D eigenvalue weighted by Gasteiger charge is 2.64. The molecule has 3 aromatic carbocycles. The average molecular weight is 1150 g/mol. The van der Waals surface area contributed by atoms with Crippen LogP contribution in [0.3, 0.4) is 0 Å². The van der Waals surface area contributed by atoms with Gasteiger partial charge in [-0.25, -0.2) is 0 Å². The van der Waals surface area contributed by atoms with Crippen molar-refractivity contribution in [3.8, 4) is 5.75 Å². The number of Topliss-reactive ketones (excluding diaryl/α,β-unsaturated/α-hetero) is 1. The SMILES string of the molecule is C=C(/C=C/C=C(/CO)[C@H]1CC[C@@]2([C@@H]3CC[C@@H](O)Cc4cccc(c4)[C@@H]4CSSCc5ccc6c(c5CC(=O)/C(C)=C/3CC[C@@]2(C)O)[C@H](NC[C@H](O)[C@@H]4[C@H](CN=C(N)N)c2ccc(O)cc2)C(=O)N[C@@H]6N)[C@@H]1O)[C@H](CC=C(C)C)NCC. The molecule has 2 saturated carbocycles. The Kier molecular flexibility index (Phi) is 20.8. The number of hydrogen-bond acceptors (Lipinski definition) is 14. The number of ketones is 1. The van der Waals surface area contributed by atoms with E-state index in [9.17, 15) is 35.4 Å². The molecule has 3 aliphatic heterocycles. The largest absolute Gasteiger partial charge is 0.508 e. The molecule has 1 amide bonds. The van der Waals surface area contributed by atoms with E-state index in [1.807, 2.05) is 67.6 Å². The van der Waals surface area contributed by atoms with E-state index in [2.05, 4.69) is 60.4 Å². The van der Waals surface area contributed by atoms with Gasteiger partial charge in [-0.3, -0.25) is 19.9 Å². The lowest BCUT2D eigenvalue weighted by molar-refractivity contribution is -0.168. The van der Waals surface area contributed by atoms with Gasteiger partial charge in [-0.2, -0.15) is 0 Å². The first-order chi connectivity index (χ1) is 38.7. The summed E-state index contributed by atoms with van der Waals surface area (Å²) in [5.41, 5.74) is 25.7. The van der Waals surface area contributed by atoms with Gasteiger partial charge in [0.1, 0.15) is 18.0 Å². The fourth-order valence-corrected chi connectivity index (χ4v) is 16.6. The lowest BCUT2D eigenvalue weighted by Crippen LogP contribution is -2.59. The molecule has 6 bridgehead atoms. The predicted octanol–water partition coefficient (Wildman–Crippen LogP) is 7.23. The van der Waals surface area contributed by atoms with E-state index < -0.39 is 71.1 Å². The van der Waals surface area contributed by atoms with Crippen molar-refractivity contribution >= 4 is 39.2 Å². The third-order valence-electron chi connectivity index (χ3n) is 18.4. The molecule has 0 unspecified atom stereocenters. The minimum Gasteiger partial charge on any atom is -0.508 e. The molecule has 2 fully saturated rings. The number of carbonyl (C=O) groups is 2. The van der Waals surface area contributed by atoms with Crippen LogP contribution < -0.4 is 33.2 Å². The van der Waals surface area contributed by atoms with Gasteiger partial charge in [0.05, 0.1) is 30.5 Å². The van der Waals surface area contributed by atoms with E-state index in [4.69, 9.17) is 17.2 Å². The summed E-state index contributed by atoms with van der Waals surface area (Å²) >= 11 is 0. The van der Waals surface area contributed by atoms with Crippen LogP contribution in [0.4, 0.5) is 0 Å². The van der Waals surface area contributed by atoms with Crippen molar-refractivity contribution < 1.29 is 40.2 Å². The number of β-amino-alcohol motifs (C(OH)–C–C–N with tert-alkyl or cyclic N) is 1. The van der Waals surface area contributed by atoms with Crippen LogP contribution in [0.15, 0.2) is 124 Å². The minimum atomic E-state index is -1.39. The molecule has 15 nitrogen and oxygen atoms in total. The highest BCUT2D eigenvalue weighted by atomic mass is 33.1. The molecule has 8 rings (SSSR count). The maximum absolute atomic E-state index is 15.5. The molecule has 3 aromatic rings. The zero-order valence-corrected chi connectivity index (χ0v) is 49.4. The first-order valence-electron chi connectivity index (χ1n) is 28.8. The summed E-state index contributed by atoms with van der Waals surface area (Å²) in [5, 5.41) is 82.5. The molecule has 17 heteroatoms. The van der Waals surface area contributed by atoms with Crippen molar-refractivity contribution in [3.05, 3.63) is 158 Å². The smallest absolute Gasteiger partial charge is 0.243 e. The van der Waals surface area contributed by atoms with Gasteiger partial charge >= 0.3 is 0 Å². The van der Waals surface area contributed by atoms with Gasteiger partial charge in [-0.15, -0.1) is 0 Å². The van der Waals surface area contributed by atoms with Crippen LogP contribution in [-0.4, -0.2) is 110 Å². The van der Waals surface area contributed by atoms with Crippen LogP contribution in [0.5, 0.6) is 5.75 Å². The number of guanidine groups is 1. The summed E-state index contributed by atoms with van der Waals surface area (Å²) in [6.45, 7) is 14.7. The number of hydrogen-bond donors (Lipinski definition) is 12. The Labute approximate surface area is 486 Å². The number of rotatable bonds is 13. The number of nitrogens with one attached hydrogen (secondary N) is 3. The number of aromatic hydroxyl groups is 1. The van der Waals surface area contributed by atoms with E-state index in [0.717, 1.165) is 46.4 Å². The van der Waals surface area contributed by atoms with Crippen LogP contribution in [0.1, 0.15) is 143 Å². The number of aliphatic imine (C=N–C) groups is 1. The summed E-state index contributed by atoms with van der Waals surface area (Å²) in [7, 11) is 3.26. The lowest BCUT2D eigenvalue weighted by atomic mass is 9.52. The Balaban J connectivity index is 1.26. The molecule has 5 aliphatic rings. The normalized spacial score (nSPS) is 31.0. The highest BCUT2D eigenvalue weighted by molar-refractivity contribution is 8.76. The van der Waals surface area contributed by atoms with Crippen molar-refractivity contribution in [1.82, 2.24) is 16.0 Å². The van der Waals surface area contributed by atoms with E-state index in [1.165, 1.54) is 5.57 Å². The topological polar surface area (TPSA) is 282 Å². The van der Waals surface area contributed by atoms with Gasteiger partial charge in [0.25, 0.3) is 0 Å². The molecule has 3 heterocycles. The van der Waals surface area contributed by atoms with Gasteiger partial charge in [0, 0.05) is 60.2 Å². The van der Waals surface area contributed by atoms with E-state index >= 15 is 4.79 Å². The Morgan fingerprint density at radius 3 is 2.51 bits per heavy atom. The lowest BCUT2D eigenvalue weighted by Gasteiger charge is -2.56. The zero-order chi connectivity index (χ0) is 58.3. The molecule has 13 atom stereocenters. The van der Waals surface area contributed by atoms with Crippen LogP contribution in [-0.2, 0) is 28.2 Å². The summed E-state index contributed by atoms with van der Waals surface area (Å²) in [6, 6.07) is 17.9. The summed E-state index contributed by atoms with van der Waals surface area (Å²) in [5.74, 6) is -2.10. The van der Waals surface area contributed by atoms with Gasteiger partial charge in [0.15, 0.2) is 11.7 Å². The minimum absolute atomic E-state index is 0.0245. The van der Waals surface area contributed by atoms with Crippen LogP contribution in [0.2, 0.25) is 0 Å². The van der Waals surface area contributed by atoms with Crippen molar-refractivity contribution in [3.63, 3.8) is 0 Å². The quantitative estimate of drug-likeness (QED) is 0.0264. The first kappa shape index (κ1) is 62.0. The number of aliphatic hydroxyl groups is 5. The number of aliphatic hydroxyl groups excluding tert-OH is 4. The Bertz CT molecular complexity index is 2910. The number of allylic oxidation sites excluding steroid dienone is 5. The van der Waals surface area contributed by atoms with Crippen LogP contribution in [0, 0.1) is 23.2 Å². The second-order valence-corrected chi connectivity index (χ2v) is 26.2. The number of phenolic OH excluding ortho intramolecular Hbond substituents is 1. The molecule has 0 radical (unpaired) electrons. The molecule has 1 spiro atoms. The van der Waals surface area contributed by atoms with Crippen LogP contribution >= 0.6 is 21.6 Å². The predicted molar refractivity (Wildman–Crippen MR) is 326 cm³/mol. The van der Waals surface area contributed by atoms with Gasteiger partial charge in [-0.05, 0) is 165 Å². The summed E-state index contributed by atoms with van der Waals surface area (Å²) < 4.78 is 0. The molecule has 81 heavy (non-hydrogen) atoms. The second-order valence-electron chi connectivity index (χ2n) is 23.6. The third kappa shape index (κ3) is 13.6. The van der Waals surface area contributed by atoms with Gasteiger partial charge in [0.2, 0.25) is 5.91 Å². The molecular formula is C64H87N7O8S2. The monoisotopic (exact) mass is 1150 g/mol. The van der Waals surface area contributed by atoms with E-state index in [1.54, 1.807) is 40.6 Å². The zero-order valence-electron chi connectivity index (χ0n) is 47.7. The highest BCUT2D eigenvalue weighted by Crippen LogP contribution is 2.63. The number of fused-ring (bicyclic) bond motifs is 9. The standard InChI is InChI=1S/C64H87N7O8S2/c1-7-68-53(23-14-36(2)3)37(4)10-8-13-42(33-72)47-25-27-64(59(47)77)52-22-20-45(74)29-39-11-9-12-41(28-39)51-35-81-80-34-43-17-21-48-57(49(43)30-54(75)38(5)46(52)24-26-63(64,6)79)58(61(78)71-60(48)65)69-32-55(76)56(51)50(31-70-62(66)67)40-15-18-44(73)19-16-40/h8-19,21,28,45,47,50-53,55-56,58-60,68-69,72-74,76-77,79H,4,7,20,22-27,29-35,65H2,1-3,5-6H3,(H,71,78)(H4,66,67,70)/b10-8+,42-13-,46-38+/t45-,47-,50-,51+,52-,53+,55+,56-,58+,59-,60+,63-,64-/m1/s1. The molecule has 0 saturated heterocycles. The molecule has 0 aromatic heterocycles. The molecule has 438 valence electrons. The molecular weight excluding hydrogens is 1060 g/mol. The van der Waals surface area contributed by atoms with Crippen molar-refractivity contribution in [2.75, 3.05) is 32.0 Å². The van der Waals surface area contributed by atoms with Crippen molar-refractivity contribution in [2.24, 2.45) is 45.4 Å². The van der Waals surface area contributed by atoms with Gasteiger partial charge in [-0.1, -0.05) is 119 Å². The Morgan fingerprint density at radius 2 is 1.79 bits per heavy atom. The van der Waals surface area contributed by atoms with Crippen LogP contribution in [0.25, 0.3) is 0 Å². The Morgan fingerprint density at radius 1 is 1.02 bits per heavy atom. The van der Waals surface area contributed by atoms with E-state index in [-0.39, 0.29) is 74.8 Å². The second kappa shape index (κ2) is 27.1. The number of likely N-dealkylation sites (N-methyl/N-ethyl adjacent to an activating group) is 1. The number of benzene rings is 3. The van der Waals surface area contributed by atoms with Crippen molar-refractivity contribution in [2.45, 2.75) is 152 Å². The summed E-state index contributed by atoms with van der Waals surface area (Å²) in [6.07, 6.45) is 7.10. The fraction of sp³-hybridized carbons (Fsp3) is 0.516. The molecule has 15 N–H and O–H groups in total. The maximum Gasteiger partial charge on any atom is 0.243 e. The van der Waals surface area contributed by atoms with Gasteiger partial charge < -0.3 is 58.5 Å².